The van der Waals surface area contributed by atoms with Crippen LogP contribution in [0.3, 0.4) is 0 Å². The van der Waals surface area contributed by atoms with Gasteiger partial charge >= 0.3 is 0 Å². The quantitative estimate of drug-likeness (QED) is 0.655. The van der Waals surface area contributed by atoms with Crippen LogP contribution in [0, 0.1) is 0 Å². The summed E-state index contributed by atoms with van der Waals surface area (Å²) in [6, 6.07) is 19.8. The number of rotatable bonds is 6. The first-order chi connectivity index (χ1) is 15.7. The average molecular weight is 429 g/mol. The van der Waals surface area contributed by atoms with E-state index in [2.05, 4.69) is 10.2 Å². The molecule has 5 rings (SSSR count). The van der Waals surface area contributed by atoms with Crippen LogP contribution in [0.25, 0.3) is 10.9 Å². The zero-order chi connectivity index (χ0) is 21.9. The Morgan fingerprint density at radius 2 is 1.66 bits per heavy atom. The summed E-state index contributed by atoms with van der Waals surface area (Å²) in [5, 5.41) is 3.90. The van der Waals surface area contributed by atoms with Crippen molar-refractivity contribution < 1.29 is 9.59 Å². The van der Waals surface area contributed by atoms with Gasteiger partial charge in [0.05, 0.1) is 17.6 Å². The number of nitrogens with one attached hydrogen (secondary N) is 1. The molecule has 32 heavy (non-hydrogen) atoms. The molecule has 0 unspecified atom stereocenters. The highest BCUT2D eigenvalue weighted by atomic mass is 16.2. The van der Waals surface area contributed by atoms with Gasteiger partial charge in [0.1, 0.15) is 0 Å². The normalized spacial score (nSPS) is 16.8. The van der Waals surface area contributed by atoms with Gasteiger partial charge in [0.15, 0.2) is 0 Å². The Kier molecular flexibility index (Phi) is 5.86. The molecule has 0 atom stereocenters. The minimum absolute atomic E-state index is 0.0165. The standard InChI is InChI=1S/C26H28N4O2/c31-25(27-17-19-6-2-1-3-7-19)18-29-12-14-30(15-13-29)26(32)22-16-24(20-10-11-20)28-23-9-5-4-8-21(22)23/h1-9,16,20H,10-15,17-18H2,(H,27,31). The Hall–Kier alpha value is -3.25. The van der Waals surface area contributed by atoms with Crippen LogP contribution in [0.5, 0.6) is 0 Å². The van der Waals surface area contributed by atoms with Crippen molar-refractivity contribution >= 4 is 22.7 Å². The van der Waals surface area contributed by atoms with Crippen molar-refractivity contribution in [3.05, 3.63) is 77.5 Å². The Labute approximate surface area is 188 Å². The van der Waals surface area contributed by atoms with Gasteiger partial charge in [-0.2, -0.15) is 0 Å². The number of pyridine rings is 1. The molecular formula is C26H28N4O2. The van der Waals surface area contributed by atoms with Gasteiger partial charge in [-0.3, -0.25) is 19.5 Å². The molecule has 2 aromatic carbocycles. The molecule has 2 aliphatic rings. The fourth-order valence-electron chi connectivity index (χ4n) is 4.30. The molecule has 1 saturated carbocycles. The maximum Gasteiger partial charge on any atom is 0.254 e. The monoisotopic (exact) mass is 428 g/mol. The number of nitrogens with zero attached hydrogens (tertiary/aromatic N) is 3. The second-order valence-electron chi connectivity index (χ2n) is 8.72. The third-order valence-electron chi connectivity index (χ3n) is 6.32. The van der Waals surface area contributed by atoms with Crippen molar-refractivity contribution in [1.82, 2.24) is 20.1 Å². The molecule has 1 aromatic heterocycles. The van der Waals surface area contributed by atoms with Gasteiger partial charge in [-0.25, -0.2) is 0 Å². The van der Waals surface area contributed by atoms with Crippen molar-refractivity contribution in [2.75, 3.05) is 32.7 Å². The van der Waals surface area contributed by atoms with E-state index in [0.717, 1.165) is 40.6 Å². The van der Waals surface area contributed by atoms with E-state index < -0.39 is 0 Å². The van der Waals surface area contributed by atoms with Gasteiger partial charge in [0.2, 0.25) is 5.91 Å². The predicted octanol–water partition coefficient (Wildman–Crippen LogP) is 3.19. The highest BCUT2D eigenvalue weighted by molar-refractivity contribution is 6.06. The van der Waals surface area contributed by atoms with E-state index in [4.69, 9.17) is 4.98 Å². The number of carbonyl (C=O) groups is 2. The molecule has 1 aliphatic carbocycles. The number of para-hydroxylation sites is 1. The lowest BCUT2D eigenvalue weighted by atomic mass is 10.0. The van der Waals surface area contributed by atoms with E-state index in [-0.39, 0.29) is 11.8 Å². The predicted molar refractivity (Wildman–Crippen MR) is 124 cm³/mol. The maximum atomic E-state index is 13.4. The van der Waals surface area contributed by atoms with Crippen LogP contribution in [0.2, 0.25) is 0 Å². The van der Waals surface area contributed by atoms with Crippen molar-refractivity contribution in [3.63, 3.8) is 0 Å². The lowest BCUT2D eigenvalue weighted by Gasteiger charge is -2.34. The van der Waals surface area contributed by atoms with Gasteiger partial charge < -0.3 is 10.2 Å². The van der Waals surface area contributed by atoms with E-state index in [0.29, 0.717) is 45.2 Å². The first-order valence-electron chi connectivity index (χ1n) is 11.4. The van der Waals surface area contributed by atoms with Crippen LogP contribution < -0.4 is 5.32 Å². The zero-order valence-electron chi connectivity index (χ0n) is 18.2. The van der Waals surface area contributed by atoms with Crippen LogP contribution in [0.1, 0.15) is 40.4 Å². The Morgan fingerprint density at radius 1 is 0.938 bits per heavy atom. The minimum Gasteiger partial charge on any atom is -0.351 e. The number of aromatic nitrogens is 1. The van der Waals surface area contributed by atoms with Crippen LogP contribution in [-0.2, 0) is 11.3 Å². The van der Waals surface area contributed by atoms with Crippen LogP contribution >= 0.6 is 0 Å². The van der Waals surface area contributed by atoms with Crippen molar-refractivity contribution in [2.45, 2.75) is 25.3 Å². The molecule has 0 bridgehead atoms. The second-order valence-corrected chi connectivity index (χ2v) is 8.72. The SMILES string of the molecule is O=C(CN1CCN(C(=O)c2cc(C3CC3)nc3ccccc23)CC1)NCc1ccccc1. The summed E-state index contributed by atoms with van der Waals surface area (Å²) >= 11 is 0. The minimum atomic E-state index is 0.0165. The number of fused-ring (bicyclic) bond motifs is 1. The summed E-state index contributed by atoms with van der Waals surface area (Å²) in [7, 11) is 0. The van der Waals surface area contributed by atoms with Gasteiger partial charge in [0, 0.05) is 49.7 Å². The van der Waals surface area contributed by atoms with E-state index in [9.17, 15) is 9.59 Å². The molecular weight excluding hydrogens is 400 g/mol. The summed E-state index contributed by atoms with van der Waals surface area (Å²) in [5.41, 5.74) is 3.78. The highest BCUT2D eigenvalue weighted by Gasteiger charge is 2.29. The average Bonchev–Trinajstić information content (AvgIpc) is 3.68. The van der Waals surface area contributed by atoms with E-state index >= 15 is 0 Å². The van der Waals surface area contributed by atoms with Crippen LogP contribution in [-0.4, -0.2) is 59.3 Å². The number of carbonyl (C=O) groups excluding carboxylic acids is 2. The molecule has 1 saturated heterocycles. The van der Waals surface area contributed by atoms with Gasteiger partial charge in [-0.1, -0.05) is 48.5 Å². The van der Waals surface area contributed by atoms with Gasteiger partial charge in [-0.05, 0) is 30.5 Å². The number of hydrogen-bond donors (Lipinski definition) is 1. The van der Waals surface area contributed by atoms with Crippen molar-refractivity contribution in [2.24, 2.45) is 0 Å². The third kappa shape index (κ3) is 4.65. The molecule has 1 aliphatic heterocycles. The lowest BCUT2D eigenvalue weighted by molar-refractivity contribution is -0.122. The summed E-state index contributed by atoms with van der Waals surface area (Å²) in [6.45, 7) is 3.54. The van der Waals surface area contributed by atoms with Crippen LogP contribution in [0.4, 0.5) is 0 Å². The molecule has 6 nitrogen and oxygen atoms in total. The van der Waals surface area contributed by atoms with E-state index in [1.807, 2.05) is 65.6 Å². The van der Waals surface area contributed by atoms with Crippen molar-refractivity contribution in [3.8, 4) is 0 Å². The molecule has 6 heteroatoms. The summed E-state index contributed by atoms with van der Waals surface area (Å²) in [5.74, 6) is 0.582. The second kappa shape index (κ2) is 9.09. The Morgan fingerprint density at radius 3 is 2.41 bits per heavy atom. The van der Waals surface area contributed by atoms with E-state index in [1.165, 1.54) is 0 Å². The molecule has 0 spiro atoms. The molecule has 1 N–H and O–H groups in total. The topological polar surface area (TPSA) is 65.5 Å². The van der Waals surface area contributed by atoms with Crippen molar-refractivity contribution in [1.29, 1.82) is 0 Å². The first-order valence-corrected chi connectivity index (χ1v) is 11.4. The molecule has 2 amide bonds. The first kappa shape index (κ1) is 20.6. The molecule has 0 radical (unpaired) electrons. The summed E-state index contributed by atoms with van der Waals surface area (Å²) in [4.78, 5) is 34.5. The molecule has 164 valence electrons. The number of hydrogen-bond acceptors (Lipinski definition) is 4. The largest absolute Gasteiger partial charge is 0.351 e. The Balaban J connectivity index is 1.19. The third-order valence-corrected chi connectivity index (χ3v) is 6.32. The molecule has 2 fully saturated rings. The number of amides is 2. The smallest absolute Gasteiger partial charge is 0.254 e. The fraction of sp³-hybridized carbons (Fsp3) is 0.346. The summed E-state index contributed by atoms with van der Waals surface area (Å²) in [6.07, 6.45) is 2.31. The number of benzene rings is 2. The number of piperazine rings is 1. The lowest BCUT2D eigenvalue weighted by Crippen LogP contribution is -2.51. The highest BCUT2D eigenvalue weighted by Crippen LogP contribution is 2.40. The zero-order valence-corrected chi connectivity index (χ0v) is 18.2. The Bertz CT molecular complexity index is 1120. The van der Waals surface area contributed by atoms with Gasteiger partial charge in [0.25, 0.3) is 5.91 Å². The van der Waals surface area contributed by atoms with Crippen LogP contribution in [0.15, 0.2) is 60.7 Å². The molecule has 2 heterocycles. The maximum absolute atomic E-state index is 13.4. The fourth-order valence-corrected chi connectivity index (χ4v) is 4.30. The van der Waals surface area contributed by atoms with E-state index in [1.54, 1.807) is 0 Å². The summed E-state index contributed by atoms with van der Waals surface area (Å²) < 4.78 is 0. The van der Waals surface area contributed by atoms with Gasteiger partial charge in [-0.15, -0.1) is 0 Å². The molecule has 3 aromatic rings.